The largest absolute Gasteiger partial charge is 0.744 e. The Labute approximate surface area is 229 Å². The maximum Gasteiger partial charge on any atom is 0.124 e. The zero-order valence-electron chi connectivity index (χ0n) is 22.2. The molecular formula is C29H46INO3S. The van der Waals surface area contributed by atoms with Gasteiger partial charge in [0, 0.05) is 3.57 Å². The van der Waals surface area contributed by atoms with Gasteiger partial charge in [-0.25, -0.2) is 8.42 Å². The molecule has 35 heavy (non-hydrogen) atoms. The molecule has 0 aromatic heterocycles. The van der Waals surface area contributed by atoms with E-state index in [1.807, 2.05) is 0 Å². The Morgan fingerprint density at radius 1 is 0.857 bits per heavy atom. The lowest BCUT2D eigenvalue weighted by Crippen LogP contribution is -2.55. The summed E-state index contributed by atoms with van der Waals surface area (Å²) >= 11 is 2.42. The van der Waals surface area contributed by atoms with E-state index in [0.29, 0.717) is 0 Å². The first-order valence-corrected chi connectivity index (χ1v) is 15.8. The van der Waals surface area contributed by atoms with Crippen LogP contribution in [-0.2, 0) is 16.5 Å². The smallest absolute Gasteiger partial charge is 0.124 e. The molecule has 2 aromatic carbocycles. The maximum absolute atomic E-state index is 10.3. The standard InChI is InChI=1S/C23H41IN.C6H6O3S/c1-5-8-10-18-25(7-3,19-11-9-6-2)21(4)14-12-15-22-16-13-17-23(24)20-22;7-10(8,9)6-4-2-1-3-5-6/h13,16-17,20-21H,5-12,14-15,18-19H2,1-4H3;1-5H,(H,7,8,9)/q+1;/p-1. The molecule has 0 saturated carbocycles. The van der Waals surface area contributed by atoms with Crippen molar-refractivity contribution in [2.24, 2.45) is 0 Å². The highest BCUT2D eigenvalue weighted by atomic mass is 127. The molecular weight excluding hydrogens is 569 g/mol. The molecule has 2 rings (SSSR count). The number of quaternary nitrogens is 1. The Morgan fingerprint density at radius 3 is 1.91 bits per heavy atom. The van der Waals surface area contributed by atoms with Crippen molar-refractivity contribution in [2.45, 2.75) is 96.4 Å². The lowest BCUT2D eigenvalue weighted by molar-refractivity contribution is -0.948. The third-order valence-corrected chi connectivity index (χ3v) is 8.51. The first kappa shape index (κ1) is 32.1. The zero-order chi connectivity index (χ0) is 26.2. The molecule has 1 atom stereocenters. The minimum atomic E-state index is -4.25. The van der Waals surface area contributed by atoms with E-state index in [-0.39, 0.29) is 4.90 Å². The summed E-state index contributed by atoms with van der Waals surface area (Å²) in [5, 5.41) is 0. The number of aryl methyl sites for hydroxylation is 1. The topological polar surface area (TPSA) is 57.2 Å². The van der Waals surface area contributed by atoms with E-state index in [2.05, 4.69) is 74.6 Å². The lowest BCUT2D eigenvalue weighted by Gasteiger charge is -2.43. The Bertz CT molecular complexity index is 909. The Balaban J connectivity index is 0.000000507. The molecule has 0 aliphatic rings. The van der Waals surface area contributed by atoms with Gasteiger partial charge in [-0.05, 0) is 111 Å². The van der Waals surface area contributed by atoms with Gasteiger partial charge in [-0.3, -0.25) is 0 Å². The average molecular weight is 616 g/mol. The van der Waals surface area contributed by atoms with Crippen LogP contribution in [-0.4, -0.2) is 43.1 Å². The molecule has 2 aromatic rings. The van der Waals surface area contributed by atoms with Gasteiger partial charge in [0.25, 0.3) is 0 Å². The Morgan fingerprint density at radius 2 is 1.46 bits per heavy atom. The molecule has 0 saturated heterocycles. The number of halogens is 1. The molecule has 0 fully saturated rings. The lowest BCUT2D eigenvalue weighted by atomic mass is 10.0. The Kier molecular flexibility index (Phi) is 16.0. The molecule has 0 aliphatic carbocycles. The Hall–Kier alpha value is -0.960. The van der Waals surface area contributed by atoms with Crippen molar-refractivity contribution in [3.63, 3.8) is 0 Å². The third kappa shape index (κ3) is 12.7. The van der Waals surface area contributed by atoms with Crippen LogP contribution in [0.3, 0.4) is 0 Å². The summed E-state index contributed by atoms with van der Waals surface area (Å²) in [6.45, 7) is 13.7. The van der Waals surface area contributed by atoms with Crippen molar-refractivity contribution in [1.82, 2.24) is 0 Å². The van der Waals surface area contributed by atoms with Crippen LogP contribution in [0, 0.1) is 3.57 Å². The SMILES string of the molecule is CCCCC[N+](CC)(CCCCC)C(C)CCCc1cccc(I)c1.O=S(=O)([O-])c1ccccc1. The molecule has 0 spiro atoms. The number of nitrogens with zero attached hydrogens (tertiary/aromatic N) is 1. The van der Waals surface area contributed by atoms with Gasteiger partial charge in [-0.1, -0.05) is 57.0 Å². The summed E-state index contributed by atoms with van der Waals surface area (Å²) < 4.78 is 33.5. The summed E-state index contributed by atoms with van der Waals surface area (Å²) in [7, 11) is -4.25. The molecule has 0 bridgehead atoms. The van der Waals surface area contributed by atoms with Gasteiger partial charge in [-0.2, -0.15) is 0 Å². The number of hydrogen-bond donors (Lipinski definition) is 0. The molecule has 0 aliphatic heterocycles. The fourth-order valence-corrected chi connectivity index (χ4v) is 5.79. The first-order chi connectivity index (χ1) is 16.7. The predicted octanol–water partition coefficient (Wildman–Crippen LogP) is 7.81. The fraction of sp³-hybridized carbons (Fsp3) is 0.586. The normalized spacial score (nSPS) is 12.6. The molecule has 0 N–H and O–H groups in total. The van der Waals surface area contributed by atoms with E-state index < -0.39 is 10.1 Å². The van der Waals surface area contributed by atoms with E-state index in [0.717, 1.165) is 6.04 Å². The maximum atomic E-state index is 10.3. The third-order valence-electron chi connectivity index (χ3n) is 6.99. The van der Waals surface area contributed by atoms with Gasteiger partial charge in [0.05, 0.1) is 30.6 Å². The highest BCUT2D eigenvalue weighted by Gasteiger charge is 2.30. The predicted molar refractivity (Wildman–Crippen MR) is 156 cm³/mol. The van der Waals surface area contributed by atoms with Crippen LogP contribution < -0.4 is 0 Å². The van der Waals surface area contributed by atoms with Gasteiger partial charge >= 0.3 is 0 Å². The quantitative estimate of drug-likeness (QED) is 0.0889. The van der Waals surface area contributed by atoms with E-state index in [9.17, 15) is 13.0 Å². The second kappa shape index (κ2) is 17.5. The monoisotopic (exact) mass is 615 g/mol. The van der Waals surface area contributed by atoms with Crippen molar-refractivity contribution in [3.05, 3.63) is 63.7 Å². The van der Waals surface area contributed by atoms with Gasteiger partial charge in [-0.15, -0.1) is 0 Å². The van der Waals surface area contributed by atoms with Crippen molar-refractivity contribution in [1.29, 1.82) is 0 Å². The average Bonchev–Trinajstić information content (AvgIpc) is 2.84. The van der Waals surface area contributed by atoms with Gasteiger partial charge in [0.1, 0.15) is 10.1 Å². The molecule has 1 unspecified atom stereocenters. The number of hydrogen-bond acceptors (Lipinski definition) is 3. The number of unbranched alkanes of at least 4 members (excludes halogenated alkanes) is 4. The van der Waals surface area contributed by atoms with Gasteiger partial charge < -0.3 is 9.04 Å². The fourth-order valence-electron chi connectivity index (χ4n) is 4.69. The zero-order valence-corrected chi connectivity index (χ0v) is 25.2. The number of rotatable bonds is 15. The van der Waals surface area contributed by atoms with Crippen molar-refractivity contribution in [3.8, 4) is 0 Å². The van der Waals surface area contributed by atoms with Crippen molar-refractivity contribution < 1.29 is 17.5 Å². The van der Waals surface area contributed by atoms with Crippen LogP contribution in [0.5, 0.6) is 0 Å². The van der Waals surface area contributed by atoms with Crippen LogP contribution in [0.1, 0.15) is 84.6 Å². The summed E-state index contributed by atoms with van der Waals surface area (Å²) in [6, 6.07) is 17.0. The number of benzene rings is 2. The summed E-state index contributed by atoms with van der Waals surface area (Å²) in [5.41, 5.74) is 1.51. The molecule has 0 heterocycles. The van der Waals surface area contributed by atoms with Crippen LogP contribution in [0.4, 0.5) is 0 Å². The van der Waals surface area contributed by atoms with Crippen LogP contribution in [0.2, 0.25) is 0 Å². The second-order valence-corrected chi connectivity index (χ2v) is 12.2. The van der Waals surface area contributed by atoms with Crippen molar-refractivity contribution >= 4 is 32.7 Å². The van der Waals surface area contributed by atoms with E-state index in [4.69, 9.17) is 0 Å². The van der Waals surface area contributed by atoms with E-state index in [1.165, 1.54) is 115 Å². The first-order valence-electron chi connectivity index (χ1n) is 13.3. The second-order valence-electron chi connectivity index (χ2n) is 9.53. The molecule has 4 nitrogen and oxygen atoms in total. The summed E-state index contributed by atoms with van der Waals surface area (Å²) in [6.07, 6.45) is 12.2. The molecule has 6 heteroatoms. The highest BCUT2D eigenvalue weighted by molar-refractivity contribution is 14.1. The van der Waals surface area contributed by atoms with Crippen LogP contribution in [0.25, 0.3) is 0 Å². The molecule has 0 radical (unpaired) electrons. The highest BCUT2D eigenvalue weighted by Crippen LogP contribution is 2.23. The minimum absolute atomic E-state index is 0.185. The van der Waals surface area contributed by atoms with Gasteiger partial charge in [0.2, 0.25) is 0 Å². The van der Waals surface area contributed by atoms with Gasteiger partial charge in [0.15, 0.2) is 0 Å². The molecule has 0 amide bonds. The minimum Gasteiger partial charge on any atom is -0.744 e. The summed E-state index contributed by atoms with van der Waals surface area (Å²) in [5.74, 6) is 0. The van der Waals surface area contributed by atoms with E-state index in [1.54, 1.807) is 6.07 Å². The summed E-state index contributed by atoms with van der Waals surface area (Å²) in [4.78, 5) is -0.185. The van der Waals surface area contributed by atoms with Crippen LogP contribution in [0.15, 0.2) is 59.5 Å². The van der Waals surface area contributed by atoms with Crippen LogP contribution >= 0.6 is 22.6 Å². The molecule has 198 valence electrons. The van der Waals surface area contributed by atoms with E-state index >= 15 is 0 Å². The van der Waals surface area contributed by atoms with Crippen molar-refractivity contribution in [2.75, 3.05) is 19.6 Å².